The van der Waals surface area contributed by atoms with Gasteiger partial charge >= 0.3 is 0 Å². The van der Waals surface area contributed by atoms with Crippen LogP contribution in [0.2, 0.25) is 0 Å². The summed E-state index contributed by atoms with van der Waals surface area (Å²) in [7, 11) is 2.01. The molecule has 104 valence electrons. The molecule has 2 aromatic rings. The molecular formula is C16H17FN2S. The Labute approximate surface area is 124 Å². The molecule has 2 aromatic carbocycles. The maximum Gasteiger partial charge on any atom is 0.133 e. The molecule has 0 aliphatic carbocycles. The van der Waals surface area contributed by atoms with Gasteiger partial charge in [-0.2, -0.15) is 0 Å². The number of halogens is 1. The number of nitrogens with two attached hydrogens (primary N) is 1. The van der Waals surface area contributed by atoms with Crippen molar-refractivity contribution < 1.29 is 4.39 Å². The molecule has 0 spiro atoms. The normalized spacial score (nSPS) is 10.3. The molecule has 0 aliphatic rings. The highest BCUT2D eigenvalue weighted by atomic mass is 32.1. The molecule has 0 aliphatic heterocycles. The third kappa shape index (κ3) is 3.14. The molecule has 0 saturated heterocycles. The molecule has 0 atom stereocenters. The first-order valence-corrected chi connectivity index (χ1v) is 6.75. The van der Waals surface area contributed by atoms with E-state index in [-0.39, 0.29) is 10.8 Å². The summed E-state index contributed by atoms with van der Waals surface area (Å²) in [5.74, 6) is -0.375. The van der Waals surface area contributed by atoms with Gasteiger partial charge in [0.15, 0.2) is 0 Å². The highest BCUT2D eigenvalue weighted by Gasteiger charge is 2.09. The molecule has 20 heavy (non-hydrogen) atoms. The SMILES string of the molecule is Cc1ccccc1N(C)Cc1ccc(F)c(C(N)=S)c1. The van der Waals surface area contributed by atoms with Crippen molar-refractivity contribution >= 4 is 22.9 Å². The number of para-hydroxylation sites is 1. The second-order valence-corrected chi connectivity index (χ2v) is 5.26. The Morgan fingerprint density at radius 1 is 1.25 bits per heavy atom. The van der Waals surface area contributed by atoms with Crippen LogP contribution in [0.15, 0.2) is 42.5 Å². The molecule has 0 bridgehead atoms. The van der Waals surface area contributed by atoms with Gasteiger partial charge < -0.3 is 10.6 Å². The van der Waals surface area contributed by atoms with E-state index in [0.717, 1.165) is 11.3 Å². The summed E-state index contributed by atoms with van der Waals surface area (Å²) in [5.41, 5.74) is 9.15. The summed E-state index contributed by atoms with van der Waals surface area (Å²) in [4.78, 5) is 2.20. The lowest BCUT2D eigenvalue weighted by Gasteiger charge is -2.21. The van der Waals surface area contributed by atoms with Gasteiger partial charge in [-0.3, -0.25) is 0 Å². The van der Waals surface area contributed by atoms with E-state index < -0.39 is 0 Å². The molecule has 0 aromatic heterocycles. The summed E-state index contributed by atoms with van der Waals surface area (Å²) in [5, 5.41) is 0. The Bertz CT molecular complexity index is 640. The maximum atomic E-state index is 13.6. The number of anilines is 1. The third-order valence-electron chi connectivity index (χ3n) is 3.24. The van der Waals surface area contributed by atoms with Gasteiger partial charge in [0.2, 0.25) is 0 Å². The van der Waals surface area contributed by atoms with Crippen LogP contribution in [0.25, 0.3) is 0 Å². The van der Waals surface area contributed by atoms with E-state index in [4.69, 9.17) is 18.0 Å². The Morgan fingerprint density at radius 2 is 1.95 bits per heavy atom. The molecule has 0 saturated carbocycles. The van der Waals surface area contributed by atoms with Crippen LogP contribution >= 0.6 is 12.2 Å². The standard InChI is InChI=1S/C16H17FN2S/c1-11-5-3-4-6-15(11)19(2)10-12-7-8-14(17)13(9-12)16(18)20/h3-9H,10H2,1-2H3,(H2,18,20). The number of hydrogen-bond donors (Lipinski definition) is 1. The maximum absolute atomic E-state index is 13.6. The van der Waals surface area contributed by atoms with Gasteiger partial charge in [-0.15, -0.1) is 0 Å². The molecule has 0 radical (unpaired) electrons. The van der Waals surface area contributed by atoms with E-state index in [2.05, 4.69) is 24.0 Å². The summed E-state index contributed by atoms with van der Waals surface area (Å²) >= 11 is 4.86. The highest BCUT2D eigenvalue weighted by Crippen LogP contribution is 2.20. The van der Waals surface area contributed by atoms with Gasteiger partial charge in [0.1, 0.15) is 10.8 Å². The summed E-state index contributed by atoms with van der Waals surface area (Å²) < 4.78 is 13.6. The largest absolute Gasteiger partial charge is 0.389 e. The van der Waals surface area contributed by atoms with Crippen molar-refractivity contribution in [2.75, 3.05) is 11.9 Å². The van der Waals surface area contributed by atoms with E-state index in [1.54, 1.807) is 12.1 Å². The average molecular weight is 288 g/mol. The molecule has 0 amide bonds. The average Bonchev–Trinajstić information content (AvgIpc) is 2.41. The monoisotopic (exact) mass is 288 g/mol. The topological polar surface area (TPSA) is 29.3 Å². The van der Waals surface area contributed by atoms with Crippen molar-refractivity contribution in [3.05, 3.63) is 65.0 Å². The lowest BCUT2D eigenvalue weighted by atomic mass is 10.1. The third-order valence-corrected chi connectivity index (χ3v) is 3.46. The molecule has 0 heterocycles. The fourth-order valence-electron chi connectivity index (χ4n) is 2.21. The van der Waals surface area contributed by atoms with Crippen LogP contribution in [-0.4, -0.2) is 12.0 Å². The highest BCUT2D eigenvalue weighted by molar-refractivity contribution is 7.80. The van der Waals surface area contributed by atoms with Gasteiger partial charge in [0.25, 0.3) is 0 Å². The minimum atomic E-state index is -0.375. The van der Waals surface area contributed by atoms with Crippen LogP contribution in [0.1, 0.15) is 16.7 Å². The first-order chi connectivity index (χ1) is 9.49. The van der Waals surface area contributed by atoms with Crippen molar-refractivity contribution in [3.63, 3.8) is 0 Å². The number of rotatable bonds is 4. The van der Waals surface area contributed by atoms with Gasteiger partial charge in [-0.05, 0) is 36.2 Å². The van der Waals surface area contributed by atoms with Crippen molar-refractivity contribution in [1.82, 2.24) is 0 Å². The molecule has 2 N–H and O–H groups in total. The number of hydrogen-bond acceptors (Lipinski definition) is 2. The molecule has 2 rings (SSSR count). The van der Waals surface area contributed by atoms with Crippen LogP contribution in [0.4, 0.5) is 10.1 Å². The minimum Gasteiger partial charge on any atom is -0.389 e. The van der Waals surface area contributed by atoms with Gasteiger partial charge in [-0.25, -0.2) is 4.39 Å². The Kier molecular flexibility index (Phi) is 4.35. The van der Waals surface area contributed by atoms with Crippen LogP contribution in [0, 0.1) is 12.7 Å². The fraction of sp³-hybridized carbons (Fsp3) is 0.188. The predicted molar refractivity (Wildman–Crippen MR) is 85.6 cm³/mol. The van der Waals surface area contributed by atoms with Crippen LogP contribution in [0.5, 0.6) is 0 Å². The second kappa shape index (κ2) is 6.01. The molecule has 0 fully saturated rings. The van der Waals surface area contributed by atoms with Crippen LogP contribution in [-0.2, 0) is 6.54 Å². The van der Waals surface area contributed by atoms with Crippen molar-refractivity contribution in [1.29, 1.82) is 0 Å². The van der Waals surface area contributed by atoms with Crippen molar-refractivity contribution in [2.45, 2.75) is 13.5 Å². The van der Waals surface area contributed by atoms with E-state index in [1.165, 1.54) is 11.6 Å². The number of aryl methyl sites for hydroxylation is 1. The minimum absolute atomic E-state index is 0.0860. The van der Waals surface area contributed by atoms with Crippen LogP contribution in [0.3, 0.4) is 0 Å². The van der Waals surface area contributed by atoms with E-state index >= 15 is 0 Å². The van der Waals surface area contributed by atoms with E-state index in [0.29, 0.717) is 12.1 Å². The van der Waals surface area contributed by atoms with Crippen molar-refractivity contribution in [3.8, 4) is 0 Å². The first-order valence-electron chi connectivity index (χ1n) is 6.34. The predicted octanol–water partition coefficient (Wildman–Crippen LogP) is 3.40. The number of nitrogens with zero attached hydrogens (tertiary/aromatic N) is 1. The van der Waals surface area contributed by atoms with Gasteiger partial charge in [-0.1, -0.05) is 36.5 Å². The lowest BCUT2D eigenvalue weighted by molar-refractivity contribution is 0.624. The zero-order valence-electron chi connectivity index (χ0n) is 11.6. The van der Waals surface area contributed by atoms with Gasteiger partial charge in [0, 0.05) is 24.8 Å². The zero-order valence-corrected chi connectivity index (χ0v) is 12.4. The number of benzene rings is 2. The van der Waals surface area contributed by atoms with Gasteiger partial charge in [0.05, 0.1) is 0 Å². The molecule has 0 unspecified atom stereocenters. The summed E-state index contributed by atoms with van der Waals surface area (Å²) in [6.07, 6.45) is 0. The molecular weight excluding hydrogens is 271 g/mol. The quantitative estimate of drug-likeness (QED) is 0.874. The second-order valence-electron chi connectivity index (χ2n) is 4.82. The Hall–Kier alpha value is -1.94. The fourth-order valence-corrected chi connectivity index (χ4v) is 2.37. The van der Waals surface area contributed by atoms with E-state index in [9.17, 15) is 4.39 Å². The number of thiocarbonyl (C=S) groups is 1. The first kappa shape index (κ1) is 14.5. The lowest BCUT2D eigenvalue weighted by Crippen LogP contribution is -2.18. The van der Waals surface area contributed by atoms with Crippen molar-refractivity contribution in [2.24, 2.45) is 5.73 Å². The Balaban J connectivity index is 2.24. The van der Waals surface area contributed by atoms with Crippen LogP contribution < -0.4 is 10.6 Å². The zero-order chi connectivity index (χ0) is 14.7. The molecule has 4 heteroatoms. The van der Waals surface area contributed by atoms with E-state index in [1.807, 2.05) is 19.2 Å². The summed E-state index contributed by atoms with van der Waals surface area (Å²) in [6.45, 7) is 2.73. The smallest absolute Gasteiger partial charge is 0.133 e. The summed E-state index contributed by atoms with van der Waals surface area (Å²) in [6, 6.07) is 13.0. The Morgan fingerprint density at radius 3 is 2.60 bits per heavy atom. The molecule has 2 nitrogen and oxygen atoms in total.